The van der Waals surface area contributed by atoms with Crippen LogP contribution in [0.2, 0.25) is 0 Å². The van der Waals surface area contributed by atoms with Gasteiger partial charge in [-0.25, -0.2) is 18.6 Å². The summed E-state index contributed by atoms with van der Waals surface area (Å²) in [5.74, 6) is -0.923. The van der Waals surface area contributed by atoms with E-state index in [1.165, 1.54) is 7.11 Å². The lowest BCUT2D eigenvalue weighted by atomic mass is 10.2. The second-order valence-electron chi connectivity index (χ2n) is 4.14. The zero-order valence-corrected chi connectivity index (χ0v) is 11.2. The Kier molecular flexibility index (Phi) is 4.65. The molecule has 2 aromatic rings. The maximum Gasteiger partial charge on any atom is 0.319 e. The molecule has 21 heavy (non-hydrogen) atoms. The summed E-state index contributed by atoms with van der Waals surface area (Å²) in [6.07, 6.45) is 1.54. The summed E-state index contributed by atoms with van der Waals surface area (Å²) < 4.78 is 31.3. The number of hydrogen-bond donors (Lipinski definition) is 2. The minimum Gasteiger partial charge on any atom is -0.481 e. The smallest absolute Gasteiger partial charge is 0.319 e. The number of nitrogens with one attached hydrogen (secondary N) is 2. The predicted molar refractivity (Wildman–Crippen MR) is 73.0 cm³/mol. The quantitative estimate of drug-likeness (QED) is 0.911. The Morgan fingerprint density at radius 2 is 2.10 bits per heavy atom. The predicted octanol–water partition coefficient (Wildman–Crippen LogP) is 2.69. The van der Waals surface area contributed by atoms with Crippen LogP contribution in [0.3, 0.4) is 0 Å². The third-order valence-electron chi connectivity index (χ3n) is 2.64. The second-order valence-corrected chi connectivity index (χ2v) is 4.14. The van der Waals surface area contributed by atoms with E-state index in [-0.39, 0.29) is 12.2 Å². The highest BCUT2D eigenvalue weighted by atomic mass is 19.1. The molecule has 2 N–H and O–H groups in total. The van der Waals surface area contributed by atoms with Crippen LogP contribution in [0.5, 0.6) is 5.88 Å². The van der Waals surface area contributed by atoms with E-state index in [9.17, 15) is 13.6 Å². The summed E-state index contributed by atoms with van der Waals surface area (Å²) in [5.41, 5.74) is 0.538. The highest BCUT2D eigenvalue weighted by molar-refractivity contribution is 5.89. The number of pyridine rings is 1. The van der Waals surface area contributed by atoms with Gasteiger partial charge in [-0.05, 0) is 23.8 Å². The van der Waals surface area contributed by atoms with Gasteiger partial charge in [-0.1, -0.05) is 0 Å². The standard InChI is InChI=1S/C14H13F2N3O2/c1-21-13-6-9(4-5-17-13)8-18-14(20)19-12-7-10(15)2-3-11(12)16/h2-7H,8H2,1H3,(H2,18,19,20). The second kappa shape index (κ2) is 6.65. The van der Waals surface area contributed by atoms with E-state index >= 15 is 0 Å². The molecule has 0 saturated heterocycles. The zero-order chi connectivity index (χ0) is 15.2. The van der Waals surface area contributed by atoms with Gasteiger partial charge in [-0.3, -0.25) is 0 Å². The fraction of sp³-hybridized carbons (Fsp3) is 0.143. The molecule has 1 aromatic heterocycles. The van der Waals surface area contributed by atoms with Crippen molar-refractivity contribution >= 4 is 11.7 Å². The molecule has 0 saturated carbocycles. The number of carbonyl (C=O) groups excluding carboxylic acids is 1. The molecule has 0 bridgehead atoms. The molecule has 0 spiro atoms. The number of ether oxygens (including phenoxy) is 1. The maximum atomic E-state index is 13.4. The summed E-state index contributed by atoms with van der Waals surface area (Å²) in [6, 6.07) is 5.54. The van der Waals surface area contributed by atoms with Crippen LogP contribution in [-0.4, -0.2) is 18.1 Å². The van der Waals surface area contributed by atoms with Crippen LogP contribution >= 0.6 is 0 Å². The average Bonchev–Trinajstić information content (AvgIpc) is 2.49. The topological polar surface area (TPSA) is 63.2 Å². The zero-order valence-electron chi connectivity index (χ0n) is 11.2. The minimum atomic E-state index is -0.711. The van der Waals surface area contributed by atoms with Crippen molar-refractivity contribution in [1.29, 1.82) is 0 Å². The fourth-order valence-corrected chi connectivity index (χ4v) is 1.61. The lowest BCUT2D eigenvalue weighted by Gasteiger charge is -2.09. The first-order valence-corrected chi connectivity index (χ1v) is 6.07. The molecular formula is C14H13F2N3O2. The number of halogens is 2. The van der Waals surface area contributed by atoms with Crippen LogP contribution < -0.4 is 15.4 Å². The van der Waals surface area contributed by atoms with Crippen molar-refractivity contribution in [2.75, 3.05) is 12.4 Å². The number of nitrogens with zero attached hydrogens (tertiary/aromatic N) is 1. The molecule has 0 fully saturated rings. The Hall–Kier alpha value is -2.70. The van der Waals surface area contributed by atoms with Crippen LogP contribution in [0.1, 0.15) is 5.56 Å². The lowest BCUT2D eigenvalue weighted by Crippen LogP contribution is -2.28. The monoisotopic (exact) mass is 293 g/mol. The largest absolute Gasteiger partial charge is 0.481 e. The Morgan fingerprint density at radius 1 is 1.29 bits per heavy atom. The highest BCUT2D eigenvalue weighted by Crippen LogP contribution is 2.15. The van der Waals surface area contributed by atoms with Gasteiger partial charge in [0.25, 0.3) is 0 Å². The van der Waals surface area contributed by atoms with Crippen molar-refractivity contribution in [3.05, 3.63) is 53.7 Å². The van der Waals surface area contributed by atoms with Crippen molar-refractivity contribution < 1.29 is 18.3 Å². The third-order valence-corrected chi connectivity index (χ3v) is 2.64. The first kappa shape index (κ1) is 14.7. The van der Waals surface area contributed by atoms with E-state index in [4.69, 9.17) is 4.74 Å². The molecule has 0 aliphatic rings. The average molecular weight is 293 g/mol. The van der Waals surface area contributed by atoms with Crippen molar-refractivity contribution in [2.45, 2.75) is 6.54 Å². The number of aromatic nitrogens is 1. The van der Waals surface area contributed by atoms with Crippen molar-refractivity contribution in [3.63, 3.8) is 0 Å². The highest BCUT2D eigenvalue weighted by Gasteiger charge is 2.08. The SMILES string of the molecule is COc1cc(CNC(=O)Nc2cc(F)ccc2F)ccn1. The number of amides is 2. The number of methoxy groups -OCH3 is 1. The van der Waals surface area contributed by atoms with Gasteiger partial charge in [-0.2, -0.15) is 0 Å². The Morgan fingerprint density at radius 3 is 2.86 bits per heavy atom. The number of anilines is 1. The van der Waals surface area contributed by atoms with E-state index < -0.39 is 17.7 Å². The molecule has 2 rings (SSSR count). The maximum absolute atomic E-state index is 13.4. The first-order chi connectivity index (χ1) is 10.1. The number of hydrogen-bond acceptors (Lipinski definition) is 3. The van der Waals surface area contributed by atoms with Crippen molar-refractivity contribution in [2.24, 2.45) is 0 Å². The molecule has 0 radical (unpaired) electrons. The molecular weight excluding hydrogens is 280 g/mol. The molecule has 0 aliphatic carbocycles. The first-order valence-electron chi connectivity index (χ1n) is 6.07. The Labute approximate surface area is 120 Å². The van der Waals surface area contributed by atoms with Crippen LogP contribution in [0.4, 0.5) is 19.3 Å². The molecule has 5 nitrogen and oxygen atoms in total. The lowest BCUT2D eigenvalue weighted by molar-refractivity contribution is 0.251. The van der Waals surface area contributed by atoms with Gasteiger partial charge in [-0.15, -0.1) is 0 Å². The molecule has 0 aliphatic heterocycles. The van der Waals surface area contributed by atoms with Gasteiger partial charge in [0.1, 0.15) is 11.6 Å². The Balaban J connectivity index is 1.94. The molecule has 0 unspecified atom stereocenters. The fourth-order valence-electron chi connectivity index (χ4n) is 1.61. The minimum absolute atomic E-state index is 0.196. The summed E-state index contributed by atoms with van der Waals surface area (Å²) in [5, 5.41) is 4.76. The number of benzene rings is 1. The van der Waals surface area contributed by atoms with Gasteiger partial charge in [0, 0.05) is 24.9 Å². The van der Waals surface area contributed by atoms with E-state index in [2.05, 4.69) is 15.6 Å². The number of carbonyl (C=O) groups is 1. The molecule has 1 heterocycles. The molecule has 2 amide bonds. The molecule has 1 aromatic carbocycles. The van der Waals surface area contributed by atoms with E-state index in [0.29, 0.717) is 5.88 Å². The van der Waals surface area contributed by atoms with Gasteiger partial charge in [0.05, 0.1) is 12.8 Å². The number of rotatable bonds is 4. The molecule has 7 heteroatoms. The molecule has 0 atom stereocenters. The van der Waals surface area contributed by atoms with Crippen LogP contribution in [0, 0.1) is 11.6 Å². The summed E-state index contributed by atoms with van der Waals surface area (Å²) in [6.45, 7) is 0.196. The third kappa shape index (κ3) is 4.13. The van der Waals surface area contributed by atoms with Crippen LogP contribution in [0.15, 0.2) is 36.5 Å². The summed E-state index contributed by atoms with van der Waals surface area (Å²) in [7, 11) is 1.49. The number of urea groups is 1. The van der Waals surface area contributed by atoms with Crippen LogP contribution in [0.25, 0.3) is 0 Å². The van der Waals surface area contributed by atoms with E-state index in [1.54, 1.807) is 18.3 Å². The van der Waals surface area contributed by atoms with Crippen molar-refractivity contribution in [3.8, 4) is 5.88 Å². The normalized spacial score (nSPS) is 10.0. The summed E-state index contributed by atoms with van der Waals surface area (Å²) in [4.78, 5) is 15.6. The van der Waals surface area contributed by atoms with E-state index in [0.717, 1.165) is 23.8 Å². The van der Waals surface area contributed by atoms with Gasteiger partial charge in [0.15, 0.2) is 0 Å². The van der Waals surface area contributed by atoms with Crippen molar-refractivity contribution in [1.82, 2.24) is 10.3 Å². The van der Waals surface area contributed by atoms with Gasteiger partial charge >= 0.3 is 6.03 Å². The van der Waals surface area contributed by atoms with Crippen LogP contribution in [-0.2, 0) is 6.54 Å². The Bertz CT molecular complexity index is 650. The van der Waals surface area contributed by atoms with Gasteiger partial charge < -0.3 is 15.4 Å². The van der Waals surface area contributed by atoms with E-state index in [1.807, 2.05) is 0 Å². The summed E-state index contributed by atoms with van der Waals surface area (Å²) >= 11 is 0. The van der Waals surface area contributed by atoms with Gasteiger partial charge in [0.2, 0.25) is 5.88 Å². The molecule has 110 valence electrons.